The van der Waals surface area contributed by atoms with E-state index in [2.05, 4.69) is 11.4 Å². The molecule has 1 aliphatic heterocycles. The number of ether oxygens (including phenoxy) is 1. The summed E-state index contributed by atoms with van der Waals surface area (Å²) in [4.78, 5) is 12.3. The Balaban J connectivity index is 1.62. The zero-order valence-electron chi connectivity index (χ0n) is 13.3. The van der Waals surface area contributed by atoms with Gasteiger partial charge >= 0.3 is 0 Å². The van der Waals surface area contributed by atoms with Crippen molar-refractivity contribution in [2.75, 3.05) is 13.2 Å². The van der Waals surface area contributed by atoms with Crippen LogP contribution in [0.2, 0.25) is 0 Å². The van der Waals surface area contributed by atoms with E-state index in [-0.39, 0.29) is 11.8 Å². The summed E-state index contributed by atoms with van der Waals surface area (Å²) in [5.74, 6) is 1.05. The zero-order valence-corrected chi connectivity index (χ0v) is 13.3. The van der Waals surface area contributed by atoms with E-state index in [4.69, 9.17) is 10.5 Å². The molecule has 1 aliphatic rings. The number of nitrogens with one attached hydrogen (secondary N) is 1. The van der Waals surface area contributed by atoms with Gasteiger partial charge in [-0.15, -0.1) is 0 Å². The first kappa shape index (κ1) is 15.6. The summed E-state index contributed by atoms with van der Waals surface area (Å²) < 4.78 is 5.65. The Morgan fingerprint density at radius 1 is 1.26 bits per heavy atom. The van der Waals surface area contributed by atoms with Gasteiger partial charge < -0.3 is 15.8 Å². The quantitative estimate of drug-likeness (QED) is 0.912. The minimum absolute atomic E-state index is 0.141. The summed E-state index contributed by atoms with van der Waals surface area (Å²) in [5, 5.41) is 2.99. The maximum Gasteiger partial charge on any atom is 0.241 e. The fourth-order valence-electron chi connectivity index (χ4n) is 2.89. The lowest BCUT2D eigenvalue weighted by atomic mass is 9.93. The van der Waals surface area contributed by atoms with Crippen LogP contribution >= 0.6 is 0 Å². The van der Waals surface area contributed by atoms with Gasteiger partial charge in [-0.3, -0.25) is 4.79 Å². The third-order valence-electron chi connectivity index (χ3n) is 4.32. The van der Waals surface area contributed by atoms with Crippen LogP contribution in [-0.4, -0.2) is 19.1 Å². The van der Waals surface area contributed by atoms with Crippen LogP contribution in [0, 0.1) is 6.92 Å². The highest BCUT2D eigenvalue weighted by molar-refractivity contribution is 5.83. The van der Waals surface area contributed by atoms with E-state index in [0.717, 1.165) is 28.9 Å². The fourth-order valence-corrected chi connectivity index (χ4v) is 2.89. The number of carbonyl (C=O) groups is 1. The molecule has 2 aromatic carbocycles. The van der Waals surface area contributed by atoms with E-state index in [1.807, 2.05) is 49.4 Å². The molecule has 2 aromatic rings. The summed E-state index contributed by atoms with van der Waals surface area (Å²) in [6.45, 7) is 3.28. The maximum absolute atomic E-state index is 12.3. The topological polar surface area (TPSA) is 64.4 Å². The van der Waals surface area contributed by atoms with Crippen LogP contribution < -0.4 is 15.8 Å². The van der Waals surface area contributed by atoms with Gasteiger partial charge in [-0.05, 0) is 30.5 Å². The highest BCUT2D eigenvalue weighted by atomic mass is 16.5. The van der Waals surface area contributed by atoms with Crippen LogP contribution in [0.4, 0.5) is 0 Å². The molecule has 1 amide bonds. The average Bonchev–Trinajstić information content (AvgIpc) is 2.59. The number of rotatable bonds is 4. The molecule has 23 heavy (non-hydrogen) atoms. The van der Waals surface area contributed by atoms with E-state index in [1.165, 1.54) is 0 Å². The number of hydrogen-bond donors (Lipinski definition) is 2. The van der Waals surface area contributed by atoms with Crippen molar-refractivity contribution >= 4 is 5.91 Å². The molecule has 4 heteroatoms. The van der Waals surface area contributed by atoms with Crippen molar-refractivity contribution in [1.29, 1.82) is 0 Å². The van der Waals surface area contributed by atoms with Crippen molar-refractivity contribution in [2.24, 2.45) is 5.73 Å². The normalized spacial score (nSPS) is 17.7. The van der Waals surface area contributed by atoms with Crippen molar-refractivity contribution in [1.82, 2.24) is 5.32 Å². The zero-order chi connectivity index (χ0) is 16.2. The molecule has 0 bridgehead atoms. The van der Waals surface area contributed by atoms with Gasteiger partial charge in [-0.2, -0.15) is 0 Å². The largest absolute Gasteiger partial charge is 0.493 e. The van der Waals surface area contributed by atoms with Gasteiger partial charge in [-0.25, -0.2) is 0 Å². The lowest BCUT2D eigenvalue weighted by Crippen LogP contribution is -2.37. The van der Waals surface area contributed by atoms with E-state index >= 15 is 0 Å². The lowest BCUT2D eigenvalue weighted by molar-refractivity contribution is -0.122. The molecule has 0 aromatic heterocycles. The monoisotopic (exact) mass is 310 g/mol. The third kappa shape index (κ3) is 3.54. The average molecular weight is 310 g/mol. The van der Waals surface area contributed by atoms with E-state index in [9.17, 15) is 4.79 Å². The molecule has 0 fully saturated rings. The molecule has 4 nitrogen and oxygen atoms in total. The second-order valence-corrected chi connectivity index (χ2v) is 6.01. The van der Waals surface area contributed by atoms with Crippen molar-refractivity contribution in [2.45, 2.75) is 25.3 Å². The minimum Gasteiger partial charge on any atom is -0.493 e. The highest BCUT2D eigenvalue weighted by Gasteiger charge is 2.23. The van der Waals surface area contributed by atoms with Gasteiger partial charge in [0.05, 0.1) is 6.61 Å². The second-order valence-electron chi connectivity index (χ2n) is 6.01. The molecule has 3 N–H and O–H groups in total. The van der Waals surface area contributed by atoms with Crippen molar-refractivity contribution in [3.05, 3.63) is 65.2 Å². The number of fused-ring (bicyclic) bond motifs is 1. The smallest absolute Gasteiger partial charge is 0.241 e. The molecule has 0 radical (unpaired) electrons. The maximum atomic E-state index is 12.3. The first-order valence-corrected chi connectivity index (χ1v) is 7.97. The number of amides is 1. The number of benzene rings is 2. The predicted molar refractivity (Wildman–Crippen MR) is 90.4 cm³/mol. The first-order chi connectivity index (χ1) is 11.1. The summed E-state index contributed by atoms with van der Waals surface area (Å²) in [5.41, 5.74) is 9.20. The number of carbonyl (C=O) groups excluding carboxylic acids is 1. The van der Waals surface area contributed by atoms with Crippen LogP contribution in [-0.2, 0) is 4.79 Å². The first-order valence-electron chi connectivity index (χ1n) is 7.97. The van der Waals surface area contributed by atoms with Crippen molar-refractivity contribution in [3.63, 3.8) is 0 Å². The lowest BCUT2D eigenvalue weighted by Gasteiger charge is -2.26. The Bertz CT molecular complexity index is 682. The molecule has 0 saturated heterocycles. The molecule has 1 heterocycles. The van der Waals surface area contributed by atoms with Gasteiger partial charge in [-0.1, -0.05) is 48.0 Å². The SMILES string of the molecule is Cc1ccc(C(N)C(=O)NCC2CCOc3ccccc32)cc1. The van der Waals surface area contributed by atoms with E-state index in [0.29, 0.717) is 13.2 Å². The summed E-state index contributed by atoms with van der Waals surface area (Å²) in [6.07, 6.45) is 0.900. The van der Waals surface area contributed by atoms with Crippen LogP contribution in [0.3, 0.4) is 0 Å². The third-order valence-corrected chi connectivity index (χ3v) is 4.32. The Morgan fingerprint density at radius 2 is 2.00 bits per heavy atom. The Hall–Kier alpha value is -2.33. The molecule has 120 valence electrons. The van der Waals surface area contributed by atoms with Crippen molar-refractivity contribution < 1.29 is 9.53 Å². The molecule has 0 saturated carbocycles. The fraction of sp³-hybridized carbons (Fsp3) is 0.316. The number of para-hydroxylation sites is 1. The number of nitrogens with two attached hydrogens (primary N) is 1. The van der Waals surface area contributed by atoms with E-state index in [1.54, 1.807) is 0 Å². The second kappa shape index (κ2) is 6.84. The molecule has 2 atom stereocenters. The molecule has 2 unspecified atom stereocenters. The summed E-state index contributed by atoms with van der Waals surface area (Å²) in [6, 6.07) is 15.1. The Morgan fingerprint density at radius 3 is 2.78 bits per heavy atom. The van der Waals surface area contributed by atoms with Crippen LogP contribution in [0.1, 0.15) is 35.1 Å². The van der Waals surface area contributed by atoms with E-state index < -0.39 is 6.04 Å². The highest BCUT2D eigenvalue weighted by Crippen LogP contribution is 2.32. The van der Waals surface area contributed by atoms with Crippen LogP contribution in [0.5, 0.6) is 5.75 Å². The van der Waals surface area contributed by atoms with Gasteiger partial charge in [0.2, 0.25) is 5.91 Å². The van der Waals surface area contributed by atoms with Gasteiger partial charge in [0.15, 0.2) is 0 Å². The molecule has 3 rings (SSSR count). The van der Waals surface area contributed by atoms with Gasteiger partial charge in [0.1, 0.15) is 11.8 Å². The Labute approximate surface area is 136 Å². The van der Waals surface area contributed by atoms with Crippen LogP contribution in [0.25, 0.3) is 0 Å². The molecular formula is C19H22N2O2. The minimum atomic E-state index is -0.634. The number of aryl methyl sites for hydroxylation is 1. The Kier molecular flexibility index (Phi) is 4.63. The predicted octanol–water partition coefficient (Wildman–Crippen LogP) is 2.68. The van der Waals surface area contributed by atoms with Gasteiger partial charge in [0, 0.05) is 12.5 Å². The standard InChI is InChI=1S/C19H22N2O2/c1-13-6-8-14(9-7-13)18(20)19(22)21-12-15-10-11-23-17-5-3-2-4-16(15)17/h2-9,15,18H,10-12,20H2,1H3,(H,21,22). The van der Waals surface area contributed by atoms with Crippen molar-refractivity contribution in [3.8, 4) is 5.75 Å². The molecule has 0 aliphatic carbocycles. The molecular weight excluding hydrogens is 288 g/mol. The molecule has 0 spiro atoms. The number of hydrogen-bond acceptors (Lipinski definition) is 3. The summed E-state index contributed by atoms with van der Waals surface area (Å²) >= 11 is 0. The van der Waals surface area contributed by atoms with Crippen LogP contribution in [0.15, 0.2) is 48.5 Å². The van der Waals surface area contributed by atoms with Gasteiger partial charge in [0.25, 0.3) is 0 Å². The summed E-state index contributed by atoms with van der Waals surface area (Å²) in [7, 11) is 0.